The van der Waals surface area contributed by atoms with Crippen LogP contribution in [0.4, 0.5) is 0 Å². The first kappa shape index (κ1) is 15.5. The summed E-state index contributed by atoms with van der Waals surface area (Å²) in [6.07, 6.45) is -0.510. The van der Waals surface area contributed by atoms with E-state index in [2.05, 4.69) is 4.90 Å². The number of nitrogens with two attached hydrogens (primary N) is 1. The molecule has 5 nitrogen and oxygen atoms in total. The van der Waals surface area contributed by atoms with Crippen molar-refractivity contribution in [3.05, 3.63) is 60.2 Å². The van der Waals surface area contributed by atoms with E-state index in [-0.39, 0.29) is 0 Å². The summed E-state index contributed by atoms with van der Waals surface area (Å²) in [5.74, 6) is 1.22. The number of primary amides is 1. The first-order valence-electron chi connectivity index (χ1n) is 7.66. The molecule has 1 aliphatic rings. The zero-order valence-electron chi connectivity index (χ0n) is 12.9. The number of nitrogens with zero attached hydrogens (tertiary/aromatic N) is 1. The molecular weight excluding hydrogens is 292 g/mol. The molecule has 1 fully saturated rings. The molecule has 0 aromatic heterocycles. The van der Waals surface area contributed by atoms with E-state index in [1.165, 1.54) is 0 Å². The Morgan fingerprint density at radius 3 is 2.52 bits per heavy atom. The smallest absolute Gasteiger partial charge is 0.247 e. The van der Waals surface area contributed by atoms with Gasteiger partial charge in [0.1, 0.15) is 17.6 Å². The molecule has 120 valence electrons. The summed E-state index contributed by atoms with van der Waals surface area (Å²) >= 11 is 0. The molecular formula is C18H20N2O3. The third kappa shape index (κ3) is 4.31. The minimum Gasteiger partial charge on any atom is -0.457 e. The van der Waals surface area contributed by atoms with Gasteiger partial charge in [-0.05, 0) is 29.8 Å². The van der Waals surface area contributed by atoms with Crippen LogP contribution >= 0.6 is 0 Å². The van der Waals surface area contributed by atoms with Crippen LogP contribution in [0.1, 0.15) is 5.56 Å². The highest BCUT2D eigenvalue weighted by atomic mass is 16.5. The average molecular weight is 312 g/mol. The summed E-state index contributed by atoms with van der Waals surface area (Å²) < 4.78 is 11.1. The summed E-state index contributed by atoms with van der Waals surface area (Å²) in [5.41, 5.74) is 6.47. The van der Waals surface area contributed by atoms with E-state index >= 15 is 0 Å². The largest absolute Gasteiger partial charge is 0.457 e. The van der Waals surface area contributed by atoms with Gasteiger partial charge >= 0.3 is 0 Å². The zero-order valence-corrected chi connectivity index (χ0v) is 12.9. The molecule has 2 N–H and O–H groups in total. The van der Waals surface area contributed by atoms with E-state index in [0.29, 0.717) is 13.2 Å². The lowest BCUT2D eigenvalue weighted by Gasteiger charge is -2.31. The standard InChI is InChI=1S/C18H20N2O3/c19-18(21)17-13-20(10-11-22-17)12-14-6-8-16(9-7-14)23-15-4-2-1-3-5-15/h1-9,17H,10-13H2,(H2,19,21). The molecule has 5 heteroatoms. The Balaban J connectivity index is 1.58. The summed E-state index contributed by atoms with van der Waals surface area (Å²) in [4.78, 5) is 13.4. The molecule has 1 unspecified atom stereocenters. The maximum atomic E-state index is 11.2. The fourth-order valence-electron chi connectivity index (χ4n) is 2.56. The number of carbonyl (C=O) groups is 1. The van der Waals surface area contributed by atoms with Crippen LogP contribution in [0.5, 0.6) is 11.5 Å². The summed E-state index contributed by atoms with van der Waals surface area (Å²) in [5, 5.41) is 0. The average Bonchev–Trinajstić information content (AvgIpc) is 2.58. The molecule has 1 aliphatic heterocycles. The van der Waals surface area contributed by atoms with Gasteiger partial charge in [0.2, 0.25) is 5.91 Å². The molecule has 2 aromatic carbocycles. The first-order chi connectivity index (χ1) is 11.2. The van der Waals surface area contributed by atoms with Crippen LogP contribution in [0.2, 0.25) is 0 Å². The van der Waals surface area contributed by atoms with Crippen molar-refractivity contribution in [1.29, 1.82) is 0 Å². The van der Waals surface area contributed by atoms with Crippen molar-refractivity contribution in [1.82, 2.24) is 4.90 Å². The monoisotopic (exact) mass is 312 g/mol. The number of benzene rings is 2. The Morgan fingerprint density at radius 1 is 1.13 bits per heavy atom. The fourth-order valence-corrected chi connectivity index (χ4v) is 2.56. The minimum atomic E-state index is -0.510. The van der Waals surface area contributed by atoms with Crippen LogP contribution in [-0.2, 0) is 16.1 Å². The lowest BCUT2D eigenvalue weighted by atomic mass is 10.1. The van der Waals surface area contributed by atoms with Crippen molar-refractivity contribution < 1.29 is 14.3 Å². The van der Waals surface area contributed by atoms with Gasteiger partial charge in [-0.1, -0.05) is 30.3 Å². The third-order valence-electron chi connectivity index (χ3n) is 3.78. The third-order valence-corrected chi connectivity index (χ3v) is 3.78. The van der Waals surface area contributed by atoms with E-state index in [4.69, 9.17) is 15.2 Å². The second-order valence-corrected chi connectivity index (χ2v) is 5.56. The van der Waals surface area contributed by atoms with Gasteiger partial charge in [0, 0.05) is 19.6 Å². The number of amides is 1. The molecule has 1 amide bonds. The van der Waals surface area contributed by atoms with Gasteiger partial charge in [0.25, 0.3) is 0 Å². The van der Waals surface area contributed by atoms with E-state index in [0.717, 1.165) is 30.2 Å². The van der Waals surface area contributed by atoms with Crippen LogP contribution in [-0.4, -0.2) is 36.6 Å². The maximum Gasteiger partial charge on any atom is 0.247 e. The quantitative estimate of drug-likeness (QED) is 0.919. The molecule has 2 aromatic rings. The number of rotatable bonds is 5. The molecule has 0 saturated carbocycles. The molecule has 0 spiro atoms. The molecule has 3 rings (SSSR count). The zero-order chi connectivity index (χ0) is 16.1. The number of para-hydroxylation sites is 1. The second kappa shape index (κ2) is 7.26. The van der Waals surface area contributed by atoms with Gasteiger partial charge in [-0.3, -0.25) is 9.69 Å². The van der Waals surface area contributed by atoms with Gasteiger partial charge in [0.05, 0.1) is 6.61 Å². The van der Waals surface area contributed by atoms with Gasteiger partial charge in [-0.2, -0.15) is 0 Å². The highest BCUT2D eigenvalue weighted by Gasteiger charge is 2.24. The Bertz CT molecular complexity index is 643. The molecule has 0 aliphatic carbocycles. The molecule has 23 heavy (non-hydrogen) atoms. The number of ether oxygens (including phenoxy) is 2. The van der Waals surface area contributed by atoms with Gasteiger partial charge in [-0.15, -0.1) is 0 Å². The molecule has 1 saturated heterocycles. The van der Waals surface area contributed by atoms with Crippen LogP contribution in [0.15, 0.2) is 54.6 Å². The molecule has 0 bridgehead atoms. The van der Waals surface area contributed by atoms with Crippen molar-refractivity contribution >= 4 is 5.91 Å². The Labute approximate surface area is 135 Å². The van der Waals surface area contributed by atoms with Crippen LogP contribution in [0, 0.1) is 0 Å². The number of carbonyl (C=O) groups excluding carboxylic acids is 1. The van der Waals surface area contributed by atoms with Crippen molar-refractivity contribution in [2.24, 2.45) is 5.73 Å². The van der Waals surface area contributed by atoms with Crippen molar-refractivity contribution in [2.75, 3.05) is 19.7 Å². The Morgan fingerprint density at radius 2 is 1.83 bits per heavy atom. The SMILES string of the molecule is NC(=O)C1CN(Cc2ccc(Oc3ccccc3)cc2)CCO1. The van der Waals surface area contributed by atoms with Gasteiger partial charge in [0.15, 0.2) is 0 Å². The Hall–Kier alpha value is -2.37. The molecule has 1 atom stereocenters. The van der Waals surface area contributed by atoms with Gasteiger partial charge < -0.3 is 15.2 Å². The van der Waals surface area contributed by atoms with Crippen LogP contribution < -0.4 is 10.5 Å². The lowest BCUT2D eigenvalue weighted by Crippen LogP contribution is -2.47. The predicted octanol–water partition coefficient (Wildman–Crippen LogP) is 2.17. The van der Waals surface area contributed by atoms with Crippen LogP contribution in [0.3, 0.4) is 0 Å². The van der Waals surface area contributed by atoms with E-state index < -0.39 is 12.0 Å². The van der Waals surface area contributed by atoms with E-state index in [9.17, 15) is 4.79 Å². The van der Waals surface area contributed by atoms with Gasteiger partial charge in [-0.25, -0.2) is 0 Å². The Kier molecular flexibility index (Phi) is 4.90. The first-order valence-corrected chi connectivity index (χ1v) is 7.66. The lowest BCUT2D eigenvalue weighted by molar-refractivity contribution is -0.135. The highest BCUT2D eigenvalue weighted by Crippen LogP contribution is 2.21. The topological polar surface area (TPSA) is 64.8 Å². The molecule has 1 heterocycles. The summed E-state index contributed by atoms with van der Waals surface area (Å²) in [6, 6.07) is 17.7. The van der Waals surface area contributed by atoms with Crippen molar-refractivity contribution in [2.45, 2.75) is 12.6 Å². The maximum absolute atomic E-state index is 11.2. The minimum absolute atomic E-state index is 0.402. The summed E-state index contributed by atoms with van der Waals surface area (Å²) in [7, 11) is 0. The predicted molar refractivity (Wildman–Crippen MR) is 87.2 cm³/mol. The van der Waals surface area contributed by atoms with Crippen molar-refractivity contribution in [3.8, 4) is 11.5 Å². The normalized spacial score (nSPS) is 18.5. The van der Waals surface area contributed by atoms with Crippen LogP contribution in [0.25, 0.3) is 0 Å². The highest BCUT2D eigenvalue weighted by molar-refractivity contribution is 5.79. The number of morpholine rings is 1. The van der Waals surface area contributed by atoms with E-state index in [1.807, 2.05) is 54.6 Å². The summed E-state index contributed by atoms with van der Waals surface area (Å²) in [6.45, 7) is 2.63. The second-order valence-electron chi connectivity index (χ2n) is 5.56. The number of hydrogen-bond acceptors (Lipinski definition) is 4. The van der Waals surface area contributed by atoms with E-state index in [1.54, 1.807) is 0 Å². The molecule has 0 radical (unpaired) electrons. The fraction of sp³-hybridized carbons (Fsp3) is 0.278. The number of hydrogen-bond donors (Lipinski definition) is 1. The van der Waals surface area contributed by atoms with Crippen molar-refractivity contribution in [3.63, 3.8) is 0 Å².